The second-order valence-electron chi connectivity index (χ2n) is 11.4. The van der Waals surface area contributed by atoms with E-state index in [0.717, 1.165) is 17.0 Å². The van der Waals surface area contributed by atoms with Crippen LogP contribution in [0.25, 0.3) is 23.0 Å². The number of carbonyl (C=O) groups excluding carboxylic acids is 1. The summed E-state index contributed by atoms with van der Waals surface area (Å²) in [7, 11) is 5.07. The first-order valence-electron chi connectivity index (χ1n) is 14.5. The van der Waals surface area contributed by atoms with E-state index in [1.807, 2.05) is 76.5 Å². The number of anilines is 1. The van der Waals surface area contributed by atoms with Gasteiger partial charge in [0.25, 0.3) is 0 Å². The van der Waals surface area contributed by atoms with Crippen LogP contribution in [0.4, 0.5) is 10.6 Å². The van der Waals surface area contributed by atoms with E-state index >= 15 is 0 Å². The lowest BCUT2D eigenvalue weighted by Gasteiger charge is -2.28. The number of nitrogens with one attached hydrogen (secondary N) is 1. The van der Waals surface area contributed by atoms with Crippen molar-refractivity contribution >= 4 is 23.6 Å². The van der Waals surface area contributed by atoms with Crippen molar-refractivity contribution in [2.45, 2.75) is 59.5 Å². The number of ether oxygens (including phenoxy) is 4. The molecule has 4 rings (SSSR count). The van der Waals surface area contributed by atoms with E-state index < -0.39 is 11.7 Å². The lowest BCUT2D eigenvalue weighted by atomic mass is 10.1. The first-order valence-corrected chi connectivity index (χ1v) is 14.5. The topological polar surface area (TPSA) is 117 Å². The van der Waals surface area contributed by atoms with Gasteiger partial charge in [-0.1, -0.05) is 18.7 Å². The number of fused-ring (bicyclic) bond motifs is 1. The highest BCUT2D eigenvalue weighted by Gasteiger charge is 2.27. The second-order valence-corrected chi connectivity index (χ2v) is 11.4. The van der Waals surface area contributed by atoms with Crippen LogP contribution < -0.4 is 14.8 Å². The largest absolute Gasteiger partial charge is 0.497 e. The zero-order valence-electron chi connectivity index (χ0n) is 26.9. The third kappa shape index (κ3) is 7.49. The number of rotatable bonds is 13. The molecule has 0 radical (unpaired) electrons. The van der Waals surface area contributed by atoms with E-state index in [1.165, 1.54) is 0 Å². The average molecular weight is 606 g/mol. The number of amides is 1. The van der Waals surface area contributed by atoms with Gasteiger partial charge < -0.3 is 29.2 Å². The van der Waals surface area contributed by atoms with Crippen LogP contribution in [0.5, 0.6) is 11.6 Å². The van der Waals surface area contributed by atoms with Crippen LogP contribution in [0.1, 0.15) is 51.6 Å². The Hall–Kier alpha value is -4.58. The van der Waals surface area contributed by atoms with Crippen LogP contribution in [-0.4, -0.2) is 74.2 Å². The third-order valence-electron chi connectivity index (χ3n) is 6.78. The molecule has 1 atom stereocenters. The minimum absolute atomic E-state index is 0.243. The summed E-state index contributed by atoms with van der Waals surface area (Å²) in [5.41, 5.74) is 3.86. The highest BCUT2D eigenvalue weighted by Crippen LogP contribution is 2.35. The SMILES string of the molecule is C=Cc1cnc2c(NCc3ccc(OC)cc3)nc(-c3c(COC)nn(C)c3O[C@@H](C)CN(CC)C(=O)OC(C)(C)C)cn12. The maximum atomic E-state index is 12.8. The molecule has 12 heteroatoms. The lowest BCUT2D eigenvalue weighted by Crippen LogP contribution is -2.41. The fraction of sp³-hybridized carbons (Fsp3) is 0.438. The van der Waals surface area contributed by atoms with Crippen LogP contribution in [-0.2, 0) is 29.7 Å². The second kappa shape index (κ2) is 13.8. The van der Waals surface area contributed by atoms with Crippen molar-refractivity contribution in [3.63, 3.8) is 0 Å². The summed E-state index contributed by atoms with van der Waals surface area (Å²) in [6, 6.07) is 7.83. The van der Waals surface area contributed by atoms with E-state index in [2.05, 4.69) is 16.9 Å². The van der Waals surface area contributed by atoms with Crippen molar-refractivity contribution in [3.8, 4) is 22.9 Å². The number of benzene rings is 1. The van der Waals surface area contributed by atoms with Crippen molar-refractivity contribution in [2.75, 3.05) is 32.6 Å². The number of aryl methyl sites for hydroxylation is 1. The Kier molecular flexibility index (Phi) is 10.1. The van der Waals surface area contributed by atoms with Gasteiger partial charge in [-0.15, -0.1) is 0 Å². The minimum Gasteiger partial charge on any atom is -0.497 e. The van der Waals surface area contributed by atoms with Crippen LogP contribution in [0.15, 0.2) is 43.2 Å². The molecular formula is C32H43N7O5. The molecule has 0 fully saturated rings. The van der Waals surface area contributed by atoms with Crippen molar-refractivity contribution in [1.29, 1.82) is 0 Å². The van der Waals surface area contributed by atoms with Gasteiger partial charge in [0, 0.05) is 33.4 Å². The number of nitrogens with zero attached hydrogens (tertiary/aromatic N) is 6. The molecule has 236 valence electrons. The number of aromatic nitrogens is 5. The zero-order chi connectivity index (χ0) is 32.0. The molecule has 1 N–H and O–H groups in total. The molecule has 12 nitrogen and oxygen atoms in total. The molecule has 0 unspecified atom stereocenters. The summed E-state index contributed by atoms with van der Waals surface area (Å²) in [4.78, 5) is 24.0. The quantitative estimate of drug-likeness (QED) is 0.209. The average Bonchev–Trinajstić information content (AvgIpc) is 3.54. The van der Waals surface area contributed by atoms with Crippen molar-refractivity contribution < 1.29 is 23.7 Å². The number of likely N-dealkylation sites (N-methyl/N-ethyl adjacent to an activating group) is 1. The van der Waals surface area contributed by atoms with E-state index in [0.29, 0.717) is 53.9 Å². The number of hydrogen-bond acceptors (Lipinski definition) is 9. The van der Waals surface area contributed by atoms with Gasteiger partial charge in [-0.05, 0) is 58.4 Å². The molecule has 0 bridgehead atoms. The molecule has 0 aliphatic rings. The first kappa shape index (κ1) is 32.3. The Morgan fingerprint density at radius 1 is 1.20 bits per heavy atom. The molecule has 4 aromatic rings. The fourth-order valence-electron chi connectivity index (χ4n) is 4.72. The molecule has 0 saturated carbocycles. The summed E-state index contributed by atoms with van der Waals surface area (Å²) < 4.78 is 26.5. The molecule has 3 heterocycles. The highest BCUT2D eigenvalue weighted by atomic mass is 16.6. The molecule has 3 aromatic heterocycles. The number of carbonyl (C=O) groups is 1. The highest BCUT2D eigenvalue weighted by molar-refractivity contribution is 5.75. The zero-order valence-corrected chi connectivity index (χ0v) is 26.9. The third-order valence-corrected chi connectivity index (χ3v) is 6.78. The lowest BCUT2D eigenvalue weighted by molar-refractivity contribution is 0.0188. The van der Waals surface area contributed by atoms with E-state index in [1.54, 1.807) is 36.1 Å². The summed E-state index contributed by atoms with van der Waals surface area (Å²) in [6.45, 7) is 14.9. The predicted molar refractivity (Wildman–Crippen MR) is 170 cm³/mol. The molecule has 0 aliphatic heterocycles. The normalized spacial score (nSPS) is 12.2. The molecular weight excluding hydrogens is 562 g/mol. The maximum Gasteiger partial charge on any atom is 0.410 e. The molecule has 0 aliphatic carbocycles. The van der Waals surface area contributed by atoms with Gasteiger partial charge in [-0.3, -0.25) is 4.40 Å². The Morgan fingerprint density at radius 3 is 2.55 bits per heavy atom. The van der Waals surface area contributed by atoms with Gasteiger partial charge in [0.1, 0.15) is 23.1 Å². The predicted octanol–water partition coefficient (Wildman–Crippen LogP) is 5.56. The van der Waals surface area contributed by atoms with E-state index in [9.17, 15) is 4.79 Å². The van der Waals surface area contributed by atoms with Gasteiger partial charge in [0.15, 0.2) is 11.5 Å². The van der Waals surface area contributed by atoms with Gasteiger partial charge in [0.2, 0.25) is 5.88 Å². The molecule has 1 aromatic carbocycles. The van der Waals surface area contributed by atoms with Gasteiger partial charge in [-0.25, -0.2) is 19.4 Å². The van der Waals surface area contributed by atoms with E-state index in [4.69, 9.17) is 29.0 Å². The van der Waals surface area contributed by atoms with Gasteiger partial charge in [0.05, 0.1) is 43.4 Å². The Labute approximate surface area is 258 Å². The Bertz CT molecular complexity index is 1590. The molecule has 0 saturated heterocycles. The molecule has 0 spiro atoms. The maximum absolute atomic E-state index is 12.8. The first-order chi connectivity index (χ1) is 21.0. The van der Waals surface area contributed by atoms with Gasteiger partial charge >= 0.3 is 6.09 Å². The van der Waals surface area contributed by atoms with Crippen LogP contribution in [0.3, 0.4) is 0 Å². The summed E-state index contributed by atoms with van der Waals surface area (Å²) in [6.07, 6.45) is 4.61. The standard InChI is InChI=1S/C32H43N7O5/c1-10-23-17-34-29-28(33-16-22-12-14-24(42-9)15-13-22)35-25(19-39(23)29)27-26(20-41-8)36-37(7)30(27)43-21(3)18-38(11-2)31(40)44-32(4,5)6/h10,12-15,17,19,21H,1,11,16,18,20H2,2-9H3,(H,33,35)/t21-/m0/s1. The smallest absolute Gasteiger partial charge is 0.410 e. The Morgan fingerprint density at radius 2 is 1.93 bits per heavy atom. The van der Waals surface area contributed by atoms with Crippen LogP contribution in [0.2, 0.25) is 0 Å². The Balaban J connectivity index is 1.71. The van der Waals surface area contributed by atoms with Crippen molar-refractivity contribution in [3.05, 3.63) is 60.2 Å². The van der Waals surface area contributed by atoms with E-state index in [-0.39, 0.29) is 12.7 Å². The number of methoxy groups -OCH3 is 2. The van der Waals surface area contributed by atoms with Gasteiger partial charge in [-0.2, -0.15) is 5.10 Å². The number of hydrogen-bond donors (Lipinski definition) is 1. The molecule has 44 heavy (non-hydrogen) atoms. The minimum atomic E-state index is -0.597. The fourth-order valence-corrected chi connectivity index (χ4v) is 4.72. The van der Waals surface area contributed by atoms with Crippen molar-refractivity contribution in [1.82, 2.24) is 29.0 Å². The summed E-state index contributed by atoms with van der Waals surface area (Å²) in [5, 5.41) is 8.15. The van der Waals surface area contributed by atoms with Crippen molar-refractivity contribution in [2.24, 2.45) is 7.05 Å². The summed E-state index contributed by atoms with van der Waals surface area (Å²) >= 11 is 0. The molecule has 1 amide bonds. The van der Waals surface area contributed by atoms with Crippen LogP contribution in [0, 0.1) is 0 Å². The monoisotopic (exact) mass is 605 g/mol. The summed E-state index contributed by atoms with van der Waals surface area (Å²) in [5.74, 6) is 1.87. The number of imidazole rings is 1. The van der Waals surface area contributed by atoms with Crippen LogP contribution >= 0.6 is 0 Å².